The molecule has 0 aliphatic rings. The summed E-state index contributed by atoms with van der Waals surface area (Å²) in [6, 6.07) is 0. The van der Waals surface area contributed by atoms with E-state index in [1.807, 2.05) is 0 Å². The van der Waals surface area contributed by atoms with Gasteiger partial charge in [0.15, 0.2) is 0 Å². The maximum Gasteiger partial charge on any atom is 0.134 e. The van der Waals surface area contributed by atoms with Gasteiger partial charge in [0.2, 0.25) is 0 Å². The number of rotatable bonds is 9. The highest BCUT2D eigenvalue weighted by atomic mass is 16.1. The van der Waals surface area contributed by atoms with Gasteiger partial charge in [-0.2, -0.15) is 0 Å². The lowest BCUT2D eigenvalue weighted by Crippen LogP contribution is -2.43. The minimum absolute atomic E-state index is 0.392. The van der Waals surface area contributed by atoms with Crippen LogP contribution in [0.1, 0.15) is 47.0 Å². The molecule has 0 bridgehead atoms. The molecule has 0 radical (unpaired) electrons. The zero-order valence-electron chi connectivity index (χ0n) is 10.8. The number of nitrogens with zero attached hydrogens (tertiary/aromatic N) is 2. The fourth-order valence-corrected chi connectivity index (χ4v) is 1.78. The summed E-state index contributed by atoms with van der Waals surface area (Å²) in [6.45, 7) is 12.4. The first-order valence-corrected chi connectivity index (χ1v) is 6.20. The molecule has 0 heterocycles. The fraction of sp³-hybridized carbons (Fsp3) is 0.917. The molecule has 0 rings (SSSR count). The molecule has 0 unspecified atom stereocenters. The molecule has 0 aliphatic heterocycles. The smallest absolute Gasteiger partial charge is 0.134 e. The van der Waals surface area contributed by atoms with Crippen molar-refractivity contribution in [2.45, 2.75) is 47.0 Å². The Morgan fingerprint density at radius 2 is 1.40 bits per heavy atom. The molecule has 0 aromatic heterocycles. The predicted molar refractivity (Wildman–Crippen MR) is 64.7 cm³/mol. The van der Waals surface area contributed by atoms with Gasteiger partial charge in [0.1, 0.15) is 5.78 Å². The van der Waals surface area contributed by atoms with E-state index in [1.165, 1.54) is 0 Å². The number of carbonyl (C=O) groups is 1. The molecule has 3 heteroatoms. The Bertz CT molecular complexity index is 167. The third-order valence-electron chi connectivity index (χ3n) is 2.67. The number of hydrazine groups is 1. The van der Waals surface area contributed by atoms with E-state index < -0.39 is 0 Å². The highest BCUT2D eigenvalue weighted by molar-refractivity contribution is 5.78. The monoisotopic (exact) mass is 214 g/mol. The number of hydrogen-bond acceptors (Lipinski definition) is 3. The van der Waals surface area contributed by atoms with Crippen LogP contribution >= 0.6 is 0 Å². The molecule has 0 saturated heterocycles. The van der Waals surface area contributed by atoms with Crippen LogP contribution in [0.2, 0.25) is 0 Å². The van der Waals surface area contributed by atoms with Gasteiger partial charge in [-0.25, -0.2) is 10.0 Å². The molecular weight excluding hydrogens is 188 g/mol. The maximum absolute atomic E-state index is 11.4. The maximum atomic E-state index is 11.4. The van der Waals surface area contributed by atoms with Gasteiger partial charge in [-0.15, -0.1) is 0 Å². The summed E-state index contributed by atoms with van der Waals surface area (Å²) in [4.78, 5) is 11.4. The molecule has 0 amide bonds. The van der Waals surface area contributed by atoms with Gasteiger partial charge >= 0.3 is 0 Å². The van der Waals surface area contributed by atoms with Crippen molar-refractivity contribution >= 4 is 5.78 Å². The molecule has 3 nitrogen and oxygen atoms in total. The first-order chi connectivity index (χ1) is 7.19. The summed E-state index contributed by atoms with van der Waals surface area (Å²) in [7, 11) is 0. The van der Waals surface area contributed by atoms with Crippen LogP contribution in [0.25, 0.3) is 0 Å². The average Bonchev–Trinajstić information content (AvgIpc) is 2.24. The molecule has 0 N–H and O–H groups in total. The second-order valence-corrected chi connectivity index (χ2v) is 3.72. The number of hydrogen-bond donors (Lipinski definition) is 0. The Morgan fingerprint density at radius 3 is 1.80 bits per heavy atom. The Morgan fingerprint density at radius 1 is 0.867 bits per heavy atom. The minimum atomic E-state index is 0.392. The molecule has 0 aromatic carbocycles. The number of Topliss-reactive ketones (excluding diaryl/α,β-unsaturated/α-hetero) is 1. The van der Waals surface area contributed by atoms with Crippen molar-refractivity contribution < 1.29 is 4.79 Å². The number of ketones is 1. The van der Waals surface area contributed by atoms with Gasteiger partial charge in [0.25, 0.3) is 0 Å². The molecule has 15 heavy (non-hydrogen) atoms. The van der Waals surface area contributed by atoms with Gasteiger partial charge in [0, 0.05) is 39.0 Å². The van der Waals surface area contributed by atoms with E-state index in [-0.39, 0.29) is 0 Å². The van der Waals surface area contributed by atoms with Crippen LogP contribution in [0.15, 0.2) is 0 Å². The van der Waals surface area contributed by atoms with Crippen LogP contribution in [0.4, 0.5) is 0 Å². The van der Waals surface area contributed by atoms with Crippen molar-refractivity contribution in [1.29, 1.82) is 0 Å². The molecule has 0 aromatic rings. The Balaban J connectivity index is 3.93. The Kier molecular flexibility index (Phi) is 8.62. The highest BCUT2D eigenvalue weighted by Gasteiger charge is 2.11. The second kappa shape index (κ2) is 8.86. The zero-order chi connectivity index (χ0) is 11.7. The van der Waals surface area contributed by atoms with E-state index in [2.05, 4.69) is 37.7 Å². The Labute approximate surface area is 94.4 Å². The van der Waals surface area contributed by atoms with Crippen molar-refractivity contribution in [3.8, 4) is 0 Å². The second-order valence-electron chi connectivity index (χ2n) is 3.72. The third kappa shape index (κ3) is 5.90. The predicted octanol–water partition coefficient (Wildman–Crippen LogP) is 2.32. The van der Waals surface area contributed by atoms with Crippen LogP contribution in [0, 0.1) is 0 Å². The largest absolute Gasteiger partial charge is 0.300 e. The third-order valence-corrected chi connectivity index (χ3v) is 2.67. The topological polar surface area (TPSA) is 23.6 Å². The molecular formula is C12H26N2O. The van der Waals surface area contributed by atoms with Crippen LogP contribution in [0.3, 0.4) is 0 Å². The summed E-state index contributed by atoms with van der Waals surface area (Å²) in [5.74, 6) is 0.392. The summed E-state index contributed by atoms with van der Waals surface area (Å²) in [5, 5.41) is 4.56. The molecule has 90 valence electrons. The van der Waals surface area contributed by atoms with Gasteiger partial charge < -0.3 is 0 Å². The SMILES string of the molecule is CCCC(=O)CCN(CC)N(CC)CC. The van der Waals surface area contributed by atoms with Crippen LogP contribution < -0.4 is 0 Å². The minimum Gasteiger partial charge on any atom is -0.300 e. The quantitative estimate of drug-likeness (QED) is 0.550. The van der Waals surface area contributed by atoms with Crippen molar-refractivity contribution in [3.05, 3.63) is 0 Å². The van der Waals surface area contributed by atoms with E-state index in [9.17, 15) is 4.79 Å². The molecule has 0 fully saturated rings. The molecule has 0 spiro atoms. The first-order valence-electron chi connectivity index (χ1n) is 6.20. The zero-order valence-corrected chi connectivity index (χ0v) is 10.8. The molecule has 0 atom stereocenters. The molecule has 0 aliphatic carbocycles. The lowest BCUT2D eigenvalue weighted by atomic mass is 10.2. The van der Waals surface area contributed by atoms with Crippen LogP contribution in [0.5, 0.6) is 0 Å². The average molecular weight is 214 g/mol. The first kappa shape index (κ1) is 14.6. The fourth-order valence-electron chi connectivity index (χ4n) is 1.78. The Hall–Kier alpha value is -0.410. The lowest BCUT2D eigenvalue weighted by molar-refractivity contribution is -0.120. The van der Waals surface area contributed by atoms with E-state index in [0.29, 0.717) is 12.2 Å². The summed E-state index contributed by atoms with van der Waals surface area (Å²) in [6.07, 6.45) is 2.39. The van der Waals surface area contributed by atoms with E-state index in [4.69, 9.17) is 0 Å². The van der Waals surface area contributed by atoms with Crippen molar-refractivity contribution in [2.75, 3.05) is 26.2 Å². The molecule has 0 saturated carbocycles. The highest BCUT2D eigenvalue weighted by Crippen LogP contribution is 2.01. The van der Waals surface area contributed by atoms with E-state index in [0.717, 1.165) is 39.0 Å². The summed E-state index contributed by atoms with van der Waals surface area (Å²) < 4.78 is 0. The van der Waals surface area contributed by atoms with Gasteiger partial charge in [-0.1, -0.05) is 27.7 Å². The number of carbonyl (C=O) groups excluding carboxylic acids is 1. The lowest BCUT2D eigenvalue weighted by Gasteiger charge is -2.32. The standard InChI is InChI=1S/C12H26N2O/c1-5-9-12(15)10-11-14(8-4)13(6-2)7-3/h5-11H2,1-4H3. The van der Waals surface area contributed by atoms with Crippen molar-refractivity contribution in [2.24, 2.45) is 0 Å². The van der Waals surface area contributed by atoms with Gasteiger partial charge in [0.05, 0.1) is 0 Å². The van der Waals surface area contributed by atoms with Crippen molar-refractivity contribution in [1.82, 2.24) is 10.0 Å². The van der Waals surface area contributed by atoms with Crippen LogP contribution in [-0.4, -0.2) is 42.0 Å². The van der Waals surface area contributed by atoms with E-state index >= 15 is 0 Å². The normalized spacial score (nSPS) is 11.3. The summed E-state index contributed by atoms with van der Waals surface area (Å²) in [5.41, 5.74) is 0. The van der Waals surface area contributed by atoms with Crippen molar-refractivity contribution in [3.63, 3.8) is 0 Å². The van der Waals surface area contributed by atoms with Gasteiger partial charge in [-0.3, -0.25) is 4.79 Å². The van der Waals surface area contributed by atoms with E-state index in [1.54, 1.807) is 0 Å². The van der Waals surface area contributed by atoms with Gasteiger partial charge in [-0.05, 0) is 6.42 Å². The van der Waals surface area contributed by atoms with Crippen LogP contribution in [-0.2, 0) is 4.79 Å². The summed E-state index contributed by atoms with van der Waals surface area (Å²) >= 11 is 0.